The Balaban J connectivity index is 1.58. The van der Waals surface area contributed by atoms with Crippen LogP contribution >= 0.6 is 0 Å². The molecule has 0 aliphatic carbocycles. The first-order chi connectivity index (χ1) is 11.7. The lowest BCUT2D eigenvalue weighted by Gasteiger charge is -2.39. The molecule has 1 aliphatic rings. The summed E-state index contributed by atoms with van der Waals surface area (Å²) in [7, 11) is 1.86. The van der Waals surface area contributed by atoms with Crippen LogP contribution < -0.4 is 9.80 Å². The largest absolute Gasteiger partial charge is 0.369 e. The highest BCUT2D eigenvalue weighted by Gasteiger charge is 2.27. The van der Waals surface area contributed by atoms with Crippen molar-refractivity contribution in [3.05, 3.63) is 60.7 Å². The van der Waals surface area contributed by atoms with Gasteiger partial charge >= 0.3 is 0 Å². The monoisotopic (exact) mass is 323 g/mol. The highest BCUT2D eigenvalue weighted by molar-refractivity contribution is 5.96. The van der Waals surface area contributed by atoms with E-state index in [1.54, 1.807) is 4.90 Å². The number of amides is 1. The van der Waals surface area contributed by atoms with Crippen LogP contribution in [0.3, 0.4) is 0 Å². The van der Waals surface area contributed by atoms with Crippen molar-refractivity contribution in [1.29, 1.82) is 0 Å². The smallest absolute Gasteiger partial charge is 0.243 e. The minimum absolute atomic E-state index is 0.104. The number of para-hydroxylation sites is 2. The number of hydrogen-bond acceptors (Lipinski definition) is 3. The molecule has 1 atom stereocenters. The number of nitrogens with zero attached hydrogens (tertiary/aromatic N) is 3. The Morgan fingerprint density at radius 1 is 0.917 bits per heavy atom. The fourth-order valence-electron chi connectivity index (χ4n) is 3.22. The zero-order valence-electron chi connectivity index (χ0n) is 14.4. The van der Waals surface area contributed by atoms with Crippen molar-refractivity contribution in [2.24, 2.45) is 0 Å². The third kappa shape index (κ3) is 3.60. The Hall–Kier alpha value is -2.33. The first-order valence-corrected chi connectivity index (χ1v) is 8.53. The van der Waals surface area contributed by atoms with E-state index in [4.69, 9.17) is 0 Å². The standard InChI is InChI=1S/C20H25N3O/c1-17(20(24)21(2)18-9-5-3-6-10-18)22-13-15-23(16-14-22)19-11-7-4-8-12-19/h3-12,17H,13-16H2,1-2H3. The Kier molecular flexibility index (Phi) is 5.16. The molecule has 1 amide bonds. The summed E-state index contributed by atoms with van der Waals surface area (Å²) in [5.74, 6) is 0.148. The quantitative estimate of drug-likeness (QED) is 0.866. The van der Waals surface area contributed by atoms with Crippen molar-refractivity contribution in [3.8, 4) is 0 Å². The second-order valence-corrected chi connectivity index (χ2v) is 6.27. The minimum Gasteiger partial charge on any atom is -0.369 e. The molecular formula is C20H25N3O. The van der Waals surface area contributed by atoms with E-state index in [1.807, 2.05) is 50.4 Å². The van der Waals surface area contributed by atoms with Gasteiger partial charge in [-0.3, -0.25) is 9.69 Å². The summed E-state index contributed by atoms with van der Waals surface area (Å²) in [6.45, 7) is 5.74. The minimum atomic E-state index is -0.104. The summed E-state index contributed by atoms with van der Waals surface area (Å²) in [6, 6.07) is 20.2. The number of piperazine rings is 1. The van der Waals surface area contributed by atoms with Crippen LogP contribution in [-0.2, 0) is 4.79 Å². The highest BCUT2D eigenvalue weighted by atomic mass is 16.2. The SMILES string of the molecule is CC(C(=O)N(C)c1ccccc1)N1CCN(c2ccccc2)CC1. The van der Waals surface area contributed by atoms with Gasteiger partial charge in [-0.2, -0.15) is 0 Å². The number of benzene rings is 2. The Morgan fingerprint density at radius 2 is 1.46 bits per heavy atom. The van der Waals surface area contributed by atoms with Crippen LogP contribution in [0.5, 0.6) is 0 Å². The van der Waals surface area contributed by atoms with Crippen molar-refractivity contribution >= 4 is 17.3 Å². The molecule has 1 unspecified atom stereocenters. The van der Waals surface area contributed by atoms with E-state index in [1.165, 1.54) is 5.69 Å². The van der Waals surface area contributed by atoms with E-state index in [-0.39, 0.29) is 11.9 Å². The van der Waals surface area contributed by atoms with Crippen LogP contribution in [0.15, 0.2) is 60.7 Å². The molecule has 0 spiro atoms. The first kappa shape index (κ1) is 16.5. The number of anilines is 2. The van der Waals surface area contributed by atoms with E-state index >= 15 is 0 Å². The van der Waals surface area contributed by atoms with Gasteiger partial charge in [0.15, 0.2) is 0 Å². The van der Waals surface area contributed by atoms with E-state index in [0.717, 1.165) is 31.9 Å². The van der Waals surface area contributed by atoms with Gasteiger partial charge in [0.2, 0.25) is 5.91 Å². The van der Waals surface area contributed by atoms with Gasteiger partial charge in [0, 0.05) is 44.6 Å². The maximum atomic E-state index is 12.8. The van der Waals surface area contributed by atoms with Gasteiger partial charge in [-0.05, 0) is 31.2 Å². The van der Waals surface area contributed by atoms with Crippen LogP contribution in [0, 0.1) is 0 Å². The van der Waals surface area contributed by atoms with E-state index in [0.29, 0.717) is 0 Å². The molecule has 3 rings (SSSR count). The van der Waals surface area contributed by atoms with Gasteiger partial charge in [0.1, 0.15) is 0 Å². The molecular weight excluding hydrogens is 298 g/mol. The van der Waals surface area contributed by atoms with Gasteiger partial charge in [-0.25, -0.2) is 0 Å². The topological polar surface area (TPSA) is 26.8 Å². The van der Waals surface area contributed by atoms with Gasteiger partial charge in [-0.15, -0.1) is 0 Å². The lowest BCUT2D eigenvalue weighted by Crippen LogP contribution is -2.54. The maximum absolute atomic E-state index is 12.8. The molecule has 0 saturated carbocycles. The maximum Gasteiger partial charge on any atom is 0.243 e. The van der Waals surface area contributed by atoms with Crippen molar-refractivity contribution in [3.63, 3.8) is 0 Å². The zero-order chi connectivity index (χ0) is 16.9. The van der Waals surface area contributed by atoms with E-state index < -0.39 is 0 Å². The number of carbonyl (C=O) groups is 1. The average Bonchev–Trinajstić information content (AvgIpc) is 2.68. The Labute approximate surface area is 144 Å². The number of likely N-dealkylation sites (N-methyl/N-ethyl adjacent to an activating group) is 1. The summed E-state index contributed by atoms with van der Waals surface area (Å²) < 4.78 is 0. The number of carbonyl (C=O) groups excluding carboxylic acids is 1. The molecule has 1 saturated heterocycles. The third-order valence-electron chi connectivity index (χ3n) is 4.81. The van der Waals surface area contributed by atoms with E-state index in [9.17, 15) is 4.79 Å². The molecule has 2 aromatic rings. The van der Waals surface area contributed by atoms with Crippen LogP contribution in [0.4, 0.5) is 11.4 Å². The molecule has 1 fully saturated rings. The molecule has 0 N–H and O–H groups in total. The normalized spacial score (nSPS) is 16.7. The van der Waals surface area contributed by atoms with Crippen LogP contribution in [0.1, 0.15) is 6.92 Å². The average molecular weight is 323 g/mol. The lowest BCUT2D eigenvalue weighted by atomic mass is 10.1. The van der Waals surface area contributed by atoms with Crippen LogP contribution in [0.25, 0.3) is 0 Å². The van der Waals surface area contributed by atoms with Gasteiger partial charge < -0.3 is 9.80 Å². The van der Waals surface area contributed by atoms with Crippen LogP contribution in [0.2, 0.25) is 0 Å². The molecule has 0 radical (unpaired) electrons. The predicted octanol–water partition coefficient (Wildman–Crippen LogP) is 2.86. The first-order valence-electron chi connectivity index (χ1n) is 8.53. The van der Waals surface area contributed by atoms with Gasteiger partial charge in [0.05, 0.1) is 6.04 Å². The molecule has 4 heteroatoms. The van der Waals surface area contributed by atoms with Crippen molar-refractivity contribution < 1.29 is 4.79 Å². The predicted molar refractivity (Wildman–Crippen MR) is 99.5 cm³/mol. The second-order valence-electron chi connectivity index (χ2n) is 6.27. The fourth-order valence-corrected chi connectivity index (χ4v) is 3.22. The number of rotatable bonds is 4. The zero-order valence-corrected chi connectivity index (χ0v) is 14.4. The summed E-state index contributed by atoms with van der Waals surface area (Å²) in [5.41, 5.74) is 2.20. The molecule has 0 bridgehead atoms. The summed E-state index contributed by atoms with van der Waals surface area (Å²) >= 11 is 0. The highest BCUT2D eigenvalue weighted by Crippen LogP contribution is 2.18. The van der Waals surface area contributed by atoms with Crippen LogP contribution in [-0.4, -0.2) is 50.1 Å². The summed E-state index contributed by atoms with van der Waals surface area (Å²) in [6.07, 6.45) is 0. The summed E-state index contributed by atoms with van der Waals surface area (Å²) in [5, 5.41) is 0. The molecule has 126 valence electrons. The lowest BCUT2D eigenvalue weighted by molar-refractivity contribution is -0.123. The fraction of sp³-hybridized carbons (Fsp3) is 0.350. The molecule has 24 heavy (non-hydrogen) atoms. The number of hydrogen-bond donors (Lipinski definition) is 0. The van der Waals surface area contributed by atoms with E-state index in [2.05, 4.69) is 34.1 Å². The third-order valence-corrected chi connectivity index (χ3v) is 4.81. The van der Waals surface area contributed by atoms with Gasteiger partial charge in [0.25, 0.3) is 0 Å². The Morgan fingerprint density at radius 3 is 2.04 bits per heavy atom. The summed E-state index contributed by atoms with van der Waals surface area (Å²) in [4.78, 5) is 19.2. The molecule has 1 aliphatic heterocycles. The van der Waals surface area contributed by atoms with Gasteiger partial charge in [-0.1, -0.05) is 36.4 Å². The second kappa shape index (κ2) is 7.49. The molecule has 2 aromatic carbocycles. The van der Waals surface area contributed by atoms with Crippen molar-refractivity contribution in [2.45, 2.75) is 13.0 Å². The Bertz CT molecular complexity index is 651. The van der Waals surface area contributed by atoms with Crippen molar-refractivity contribution in [1.82, 2.24) is 4.90 Å². The molecule has 1 heterocycles. The molecule has 0 aromatic heterocycles. The molecule has 4 nitrogen and oxygen atoms in total. The van der Waals surface area contributed by atoms with Crippen molar-refractivity contribution in [2.75, 3.05) is 43.0 Å².